The maximum atomic E-state index is 13.7. The summed E-state index contributed by atoms with van der Waals surface area (Å²) in [5, 5.41) is 3.70. The number of nitrogens with zero attached hydrogens (tertiary/aromatic N) is 2. The van der Waals surface area contributed by atoms with Crippen LogP contribution in [0.2, 0.25) is 0 Å². The molecule has 0 radical (unpaired) electrons. The number of carbonyl (C=O) groups is 2. The number of ether oxygens (including phenoxy) is 3. The first-order valence-electron chi connectivity index (χ1n) is 15.4. The average Bonchev–Trinajstić information content (AvgIpc) is 3.76. The van der Waals surface area contributed by atoms with Gasteiger partial charge in [-0.1, -0.05) is 6.07 Å². The largest absolute Gasteiger partial charge is 0.493 e. The number of amides is 2. The van der Waals surface area contributed by atoms with Gasteiger partial charge in [0, 0.05) is 76.0 Å². The average molecular weight is 560 g/mol. The van der Waals surface area contributed by atoms with Crippen molar-refractivity contribution in [2.45, 2.75) is 116 Å². The smallest absolute Gasteiger partial charge is 0.254 e. The lowest BCUT2D eigenvalue weighted by Gasteiger charge is -2.40. The van der Waals surface area contributed by atoms with E-state index in [-0.39, 0.29) is 30.0 Å². The number of benzene rings is 1. The molecule has 1 N–H and O–H groups in total. The third-order valence-corrected chi connectivity index (χ3v) is 7.87. The fourth-order valence-corrected chi connectivity index (χ4v) is 5.51. The molecule has 2 fully saturated rings. The number of methoxy groups -OCH3 is 1. The molecule has 3 rings (SSSR count). The van der Waals surface area contributed by atoms with Gasteiger partial charge in [0.2, 0.25) is 5.91 Å². The molecule has 0 aromatic heterocycles. The van der Waals surface area contributed by atoms with Gasteiger partial charge >= 0.3 is 0 Å². The highest BCUT2D eigenvalue weighted by Gasteiger charge is 2.34. The van der Waals surface area contributed by atoms with Crippen molar-refractivity contribution in [1.29, 1.82) is 0 Å². The van der Waals surface area contributed by atoms with E-state index in [0.29, 0.717) is 43.9 Å². The molecule has 1 aromatic rings. The molecule has 1 aromatic carbocycles. The van der Waals surface area contributed by atoms with Crippen molar-refractivity contribution >= 4 is 11.8 Å². The summed E-state index contributed by atoms with van der Waals surface area (Å²) in [5.74, 6) is 1.07. The van der Waals surface area contributed by atoms with Crippen LogP contribution >= 0.6 is 0 Å². The van der Waals surface area contributed by atoms with Crippen molar-refractivity contribution in [3.05, 3.63) is 29.3 Å². The molecule has 1 heterocycles. The highest BCUT2D eigenvalue weighted by Crippen LogP contribution is 2.29. The zero-order valence-corrected chi connectivity index (χ0v) is 25.7. The number of nitrogens with one attached hydrogen (secondary N) is 1. The zero-order chi connectivity index (χ0) is 29.1. The van der Waals surface area contributed by atoms with Crippen molar-refractivity contribution < 1.29 is 23.8 Å². The van der Waals surface area contributed by atoms with Crippen molar-refractivity contribution in [1.82, 2.24) is 15.1 Å². The van der Waals surface area contributed by atoms with Gasteiger partial charge < -0.3 is 29.3 Å². The Labute approximate surface area is 242 Å². The molecular formula is C32H53N3O5. The first-order valence-corrected chi connectivity index (χ1v) is 15.4. The second-order valence-corrected chi connectivity index (χ2v) is 11.9. The van der Waals surface area contributed by atoms with E-state index in [4.69, 9.17) is 14.2 Å². The zero-order valence-electron chi connectivity index (χ0n) is 25.7. The predicted molar refractivity (Wildman–Crippen MR) is 159 cm³/mol. The Bertz CT molecular complexity index is 925. The molecule has 1 aliphatic heterocycles. The van der Waals surface area contributed by atoms with E-state index in [9.17, 15) is 9.59 Å². The van der Waals surface area contributed by atoms with E-state index in [0.717, 1.165) is 69.3 Å². The van der Waals surface area contributed by atoms with Gasteiger partial charge in [0.15, 0.2) is 0 Å². The summed E-state index contributed by atoms with van der Waals surface area (Å²) < 4.78 is 16.7. The standard InChI is InChI=1S/C32H53N3O5/c1-23(2)35(32(37)26-11-10-25(5)30(21-26)40-20-8-18-38-6)29-13-12-27(33-22-29)16-17-34(28-14-15-28)31(36)9-7-19-39-24(3)4/h10-11,21,23-24,27-29,33H,7-9,12-20,22H2,1-6H3/t27-,29-/m1/s1. The molecule has 2 amide bonds. The molecule has 1 saturated heterocycles. The minimum Gasteiger partial charge on any atom is -0.493 e. The molecule has 0 spiro atoms. The first-order chi connectivity index (χ1) is 19.2. The third-order valence-electron chi connectivity index (χ3n) is 7.87. The summed E-state index contributed by atoms with van der Waals surface area (Å²) in [6.07, 6.45) is 7.51. The lowest BCUT2D eigenvalue weighted by Crippen LogP contribution is -2.54. The van der Waals surface area contributed by atoms with E-state index >= 15 is 0 Å². The van der Waals surface area contributed by atoms with Crippen molar-refractivity contribution in [2.24, 2.45) is 0 Å². The van der Waals surface area contributed by atoms with Gasteiger partial charge in [-0.2, -0.15) is 0 Å². The number of aryl methyl sites for hydroxylation is 1. The maximum Gasteiger partial charge on any atom is 0.254 e. The molecule has 226 valence electrons. The number of hydrogen-bond donors (Lipinski definition) is 1. The summed E-state index contributed by atoms with van der Waals surface area (Å²) in [6.45, 7) is 13.7. The minimum absolute atomic E-state index is 0.0499. The molecule has 1 saturated carbocycles. The number of rotatable bonds is 17. The molecule has 40 heavy (non-hydrogen) atoms. The van der Waals surface area contributed by atoms with Gasteiger partial charge in [0.1, 0.15) is 5.75 Å². The number of hydrogen-bond acceptors (Lipinski definition) is 6. The quantitative estimate of drug-likeness (QED) is 0.272. The highest BCUT2D eigenvalue weighted by atomic mass is 16.5. The van der Waals surface area contributed by atoms with Crippen LogP contribution < -0.4 is 10.1 Å². The van der Waals surface area contributed by atoms with Gasteiger partial charge in [-0.3, -0.25) is 9.59 Å². The van der Waals surface area contributed by atoms with E-state index < -0.39 is 0 Å². The minimum atomic E-state index is 0.0499. The summed E-state index contributed by atoms with van der Waals surface area (Å²) in [4.78, 5) is 30.7. The Hall–Kier alpha value is -2.16. The van der Waals surface area contributed by atoms with Gasteiger partial charge in [-0.15, -0.1) is 0 Å². The summed E-state index contributed by atoms with van der Waals surface area (Å²) in [7, 11) is 1.68. The van der Waals surface area contributed by atoms with Crippen LogP contribution in [0.4, 0.5) is 0 Å². The Morgan fingerprint density at radius 2 is 1.75 bits per heavy atom. The normalized spacial score (nSPS) is 19.2. The van der Waals surface area contributed by atoms with Crippen LogP contribution in [-0.2, 0) is 14.3 Å². The van der Waals surface area contributed by atoms with Crippen molar-refractivity contribution in [2.75, 3.05) is 40.0 Å². The molecular weight excluding hydrogens is 506 g/mol. The Balaban J connectivity index is 1.51. The second-order valence-electron chi connectivity index (χ2n) is 11.9. The van der Waals surface area contributed by atoms with Gasteiger partial charge in [0.25, 0.3) is 5.91 Å². The summed E-state index contributed by atoms with van der Waals surface area (Å²) in [5.41, 5.74) is 1.69. The monoisotopic (exact) mass is 559 g/mol. The molecule has 2 atom stereocenters. The van der Waals surface area contributed by atoms with Gasteiger partial charge in [-0.25, -0.2) is 0 Å². The summed E-state index contributed by atoms with van der Waals surface area (Å²) >= 11 is 0. The Kier molecular flexibility index (Phi) is 13.2. The van der Waals surface area contributed by atoms with E-state index in [2.05, 4.69) is 24.1 Å². The van der Waals surface area contributed by atoms with Crippen molar-refractivity contribution in [3.8, 4) is 5.75 Å². The van der Waals surface area contributed by atoms with Crippen LogP contribution in [0.3, 0.4) is 0 Å². The van der Waals surface area contributed by atoms with Crippen LogP contribution in [0, 0.1) is 6.92 Å². The van der Waals surface area contributed by atoms with E-state index in [1.807, 2.05) is 43.9 Å². The van der Waals surface area contributed by atoms with Gasteiger partial charge in [-0.05, 0) is 90.8 Å². The second kappa shape index (κ2) is 16.3. The molecule has 0 bridgehead atoms. The number of piperidine rings is 1. The lowest BCUT2D eigenvalue weighted by molar-refractivity contribution is -0.132. The van der Waals surface area contributed by atoms with Crippen LogP contribution in [0.1, 0.15) is 95.0 Å². The SMILES string of the molecule is COCCCOc1cc(C(=O)N(C(C)C)[C@@H]2CC[C@H](CCN(C(=O)CCCOC(C)C)C3CC3)NC2)ccc1C. The fraction of sp³-hybridized carbons (Fsp3) is 0.750. The fourth-order valence-electron chi connectivity index (χ4n) is 5.51. The first kappa shape index (κ1) is 32.4. The highest BCUT2D eigenvalue weighted by molar-refractivity contribution is 5.95. The molecule has 2 aliphatic rings. The van der Waals surface area contributed by atoms with Crippen LogP contribution in [-0.4, -0.2) is 91.9 Å². The van der Waals surface area contributed by atoms with Crippen LogP contribution in [0.15, 0.2) is 18.2 Å². The molecule has 8 nitrogen and oxygen atoms in total. The predicted octanol–water partition coefficient (Wildman–Crippen LogP) is 4.97. The van der Waals surface area contributed by atoms with E-state index in [1.54, 1.807) is 7.11 Å². The van der Waals surface area contributed by atoms with Gasteiger partial charge in [0.05, 0.1) is 12.7 Å². The topological polar surface area (TPSA) is 80.3 Å². The Morgan fingerprint density at radius 1 is 1.00 bits per heavy atom. The van der Waals surface area contributed by atoms with Crippen LogP contribution in [0.25, 0.3) is 0 Å². The molecule has 0 unspecified atom stereocenters. The summed E-state index contributed by atoms with van der Waals surface area (Å²) in [6, 6.07) is 6.78. The maximum absolute atomic E-state index is 13.7. The third kappa shape index (κ3) is 10.0. The molecule has 8 heteroatoms. The Morgan fingerprint density at radius 3 is 2.38 bits per heavy atom. The van der Waals surface area contributed by atoms with E-state index in [1.165, 1.54) is 0 Å². The molecule has 1 aliphatic carbocycles. The lowest BCUT2D eigenvalue weighted by atomic mass is 9.95. The van der Waals surface area contributed by atoms with Crippen molar-refractivity contribution in [3.63, 3.8) is 0 Å². The van der Waals surface area contributed by atoms with Crippen LogP contribution in [0.5, 0.6) is 5.75 Å². The number of carbonyl (C=O) groups excluding carboxylic acids is 2.